The summed E-state index contributed by atoms with van der Waals surface area (Å²) in [4.78, 5) is 36.7. The van der Waals surface area contributed by atoms with Gasteiger partial charge in [-0.3, -0.25) is 9.59 Å². The second-order valence-corrected chi connectivity index (χ2v) is 9.16. The minimum Gasteiger partial charge on any atom is -0.481 e. The Morgan fingerprint density at radius 2 is 1.62 bits per heavy atom. The summed E-state index contributed by atoms with van der Waals surface area (Å²) in [6, 6.07) is 15.9. The third kappa shape index (κ3) is 5.08. The number of hydrogen-bond donors (Lipinski definition) is 3. The Kier molecular flexibility index (Phi) is 7.50. The predicted octanol–water partition coefficient (Wildman–Crippen LogP) is 4.31. The van der Waals surface area contributed by atoms with Crippen molar-refractivity contribution in [1.82, 2.24) is 10.6 Å². The number of carbonyl (C=O) groups excluding carboxylic acids is 2. The van der Waals surface area contributed by atoms with E-state index in [0.29, 0.717) is 19.3 Å². The number of carbonyl (C=O) groups is 3. The van der Waals surface area contributed by atoms with E-state index >= 15 is 0 Å². The normalized spacial score (nSPS) is 20.0. The fourth-order valence-electron chi connectivity index (χ4n) is 5.18. The summed E-state index contributed by atoms with van der Waals surface area (Å²) < 4.78 is 5.55. The van der Waals surface area contributed by atoms with Crippen molar-refractivity contribution >= 4 is 18.0 Å². The van der Waals surface area contributed by atoms with Gasteiger partial charge in [0, 0.05) is 18.5 Å². The third-order valence-electron chi connectivity index (χ3n) is 7.11. The quantitative estimate of drug-likeness (QED) is 0.540. The molecule has 0 heterocycles. The molecule has 7 nitrogen and oxygen atoms in total. The van der Waals surface area contributed by atoms with Crippen LogP contribution in [0.1, 0.15) is 56.1 Å². The van der Waals surface area contributed by atoms with Crippen LogP contribution in [0.4, 0.5) is 4.79 Å². The topological polar surface area (TPSA) is 105 Å². The number of amides is 2. The maximum absolute atomic E-state index is 12.8. The molecular weight excluding hydrogens is 432 g/mol. The number of hydrogen-bond acceptors (Lipinski definition) is 4. The summed E-state index contributed by atoms with van der Waals surface area (Å²) in [5, 5.41) is 15.1. The smallest absolute Gasteiger partial charge is 0.407 e. The molecule has 3 N–H and O–H groups in total. The second kappa shape index (κ2) is 10.7. The second-order valence-electron chi connectivity index (χ2n) is 9.16. The first-order valence-electron chi connectivity index (χ1n) is 12.1. The van der Waals surface area contributed by atoms with E-state index in [0.717, 1.165) is 35.1 Å². The van der Waals surface area contributed by atoms with E-state index in [1.807, 2.05) is 31.2 Å². The SMILES string of the molecule is CCC(CNC(=O)OCC1c2ccccc2-c2ccccc21)C(=O)NC1CCCCC1C(=O)O. The van der Waals surface area contributed by atoms with Crippen molar-refractivity contribution in [3.63, 3.8) is 0 Å². The molecule has 3 atom stereocenters. The molecule has 2 aromatic rings. The van der Waals surface area contributed by atoms with Crippen molar-refractivity contribution < 1.29 is 24.2 Å². The lowest BCUT2D eigenvalue weighted by molar-refractivity contribution is -0.144. The Labute approximate surface area is 199 Å². The van der Waals surface area contributed by atoms with Gasteiger partial charge in [0.15, 0.2) is 0 Å². The zero-order valence-corrected chi connectivity index (χ0v) is 19.5. The largest absolute Gasteiger partial charge is 0.481 e. The van der Waals surface area contributed by atoms with Gasteiger partial charge >= 0.3 is 12.1 Å². The fraction of sp³-hybridized carbons (Fsp3) is 0.444. The van der Waals surface area contributed by atoms with Crippen LogP contribution in [0.15, 0.2) is 48.5 Å². The molecule has 0 saturated heterocycles. The molecule has 180 valence electrons. The molecular formula is C27H32N2O5. The Balaban J connectivity index is 1.30. The lowest BCUT2D eigenvalue weighted by Gasteiger charge is -2.30. The van der Waals surface area contributed by atoms with Gasteiger partial charge in [-0.1, -0.05) is 68.3 Å². The molecule has 7 heteroatoms. The van der Waals surface area contributed by atoms with E-state index in [-0.39, 0.29) is 31.0 Å². The van der Waals surface area contributed by atoms with Crippen molar-refractivity contribution in [2.45, 2.75) is 51.0 Å². The van der Waals surface area contributed by atoms with Gasteiger partial charge in [-0.25, -0.2) is 4.79 Å². The highest BCUT2D eigenvalue weighted by atomic mass is 16.5. The number of alkyl carbamates (subject to hydrolysis) is 1. The van der Waals surface area contributed by atoms with E-state index < -0.39 is 23.9 Å². The number of rotatable bonds is 8. The van der Waals surface area contributed by atoms with Gasteiger partial charge < -0.3 is 20.5 Å². The molecule has 0 radical (unpaired) electrons. The molecule has 3 unspecified atom stereocenters. The summed E-state index contributed by atoms with van der Waals surface area (Å²) in [5.74, 6) is -2.11. The van der Waals surface area contributed by atoms with E-state index in [1.54, 1.807) is 0 Å². The first-order chi connectivity index (χ1) is 16.5. The Hall–Kier alpha value is -3.35. The standard InChI is InChI=1S/C27H32N2O5/c1-2-17(25(30)29-24-14-8-7-13-22(24)26(31)32)15-28-27(33)34-16-23-20-11-5-3-9-18(20)19-10-4-6-12-21(19)23/h3-6,9-12,17,22-24H,2,7-8,13-16H2,1H3,(H,28,33)(H,29,30)(H,31,32). The van der Waals surface area contributed by atoms with E-state index in [9.17, 15) is 19.5 Å². The van der Waals surface area contributed by atoms with E-state index in [4.69, 9.17) is 4.74 Å². The molecule has 4 rings (SSSR count). The van der Waals surface area contributed by atoms with Crippen LogP contribution in [0.2, 0.25) is 0 Å². The molecule has 2 aliphatic carbocycles. The number of benzene rings is 2. The monoisotopic (exact) mass is 464 g/mol. The zero-order chi connectivity index (χ0) is 24.1. The minimum absolute atomic E-state index is 0.0253. The van der Waals surface area contributed by atoms with Crippen LogP contribution in [0.25, 0.3) is 11.1 Å². The Bertz CT molecular complexity index is 1010. The number of ether oxygens (including phenoxy) is 1. The van der Waals surface area contributed by atoms with Crippen molar-refractivity contribution in [2.24, 2.45) is 11.8 Å². The van der Waals surface area contributed by atoms with E-state index in [1.165, 1.54) is 0 Å². The number of fused-ring (bicyclic) bond motifs is 3. The summed E-state index contributed by atoms with van der Waals surface area (Å²) in [6.07, 6.45) is 2.98. The first kappa shape index (κ1) is 23.8. The zero-order valence-electron chi connectivity index (χ0n) is 19.5. The molecule has 0 bridgehead atoms. The molecule has 34 heavy (non-hydrogen) atoms. The molecule has 1 saturated carbocycles. The van der Waals surface area contributed by atoms with E-state index in [2.05, 4.69) is 34.9 Å². The number of nitrogens with one attached hydrogen (secondary N) is 2. The first-order valence-corrected chi connectivity index (χ1v) is 12.1. The maximum Gasteiger partial charge on any atom is 0.407 e. The molecule has 0 aromatic heterocycles. The Morgan fingerprint density at radius 3 is 2.24 bits per heavy atom. The molecule has 0 aliphatic heterocycles. The van der Waals surface area contributed by atoms with Crippen LogP contribution in [-0.2, 0) is 14.3 Å². The van der Waals surface area contributed by atoms with Gasteiger partial charge in [0.05, 0.1) is 11.8 Å². The van der Waals surface area contributed by atoms with Crippen LogP contribution >= 0.6 is 0 Å². The maximum atomic E-state index is 12.8. The van der Waals surface area contributed by atoms with Crippen LogP contribution in [-0.4, -0.2) is 42.3 Å². The van der Waals surface area contributed by atoms with Crippen molar-refractivity contribution in [1.29, 1.82) is 0 Å². The highest BCUT2D eigenvalue weighted by molar-refractivity contribution is 5.81. The average molecular weight is 465 g/mol. The van der Waals surface area contributed by atoms with Crippen LogP contribution < -0.4 is 10.6 Å². The van der Waals surface area contributed by atoms with Gasteiger partial charge in [0.2, 0.25) is 5.91 Å². The number of aliphatic carboxylic acids is 1. The van der Waals surface area contributed by atoms with Crippen molar-refractivity contribution in [3.05, 3.63) is 59.7 Å². The minimum atomic E-state index is -0.866. The van der Waals surface area contributed by atoms with Crippen molar-refractivity contribution in [3.8, 4) is 11.1 Å². The summed E-state index contributed by atoms with van der Waals surface area (Å²) in [5.41, 5.74) is 4.61. The van der Waals surface area contributed by atoms with Gasteiger partial charge in [-0.05, 0) is 41.5 Å². The number of carboxylic acids is 1. The summed E-state index contributed by atoms with van der Waals surface area (Å²) in [6.45, 7) is 2.23. The van der Waals surface area contributed by atoms with Crippen LogP contribution in [0.3, 0.4) is 0 Å². The van der Waals surface area contributed by atoms with Gasteiger partial charge in [-0.15, -0.1) is 0 Å². The highest BCUT2D eigenvalue weighted by Crippen LogP contribution is 2.44. The van der Waals surface area contributed by atoms with Crippen molar-refractivity contribution in [2.75, 3.05) is 13.2 Å². The Morgan fingerprint density at radius 1 is 1.00 bits per heavy atom. The molecule has 2 aliphatic rings. The molecule has 2 amide bonds. The lowest BCUT2D eigenvalue weighted by atomic mass is 9.84. The fourth-order valence-corrected chi connectivity index (χ4v) is 5.18. The lowest BCUT2D eigenvalue weighted by Crippen LogP contribution is -2.48. The van der Waals surface area contributed by atoms with Gasteiger partial charge in [-0.2, -0.15) is 0 Å². The number of carboxylic acid groups (broad SMARTS) is 1. The molecule has 2 aromatic carbocycles. The van der Waals surface area contributed by atoms with Crippen LogP contribution in [0, 0.1) is 11.8 Å². The third-order valence-corrected chi connectivity index (χ3v) is 7.11. The average Bonchev–Trinajstić information content (AvgIpc) is 3.17. The molecule has 0 spiro atoms. The highest BCUT2D eigenvalue weighted by Gasteiger charge is 2.33. The summed E-state index contributed by atoms with van der Waals surface area (Å²) in [7, 11) is 0. The summed E-state index contributed by atoms with van der Waals surface area (Å²) >= 11 is 0. The molecule has 1 fully saturated rings. The van der Waals surface area contributed by atoms with Crippen LogP contribution in [0.5, 0.6) is 0 Å². The van der Waals surface area contributed by atoms with Gasteiger partial charge in [0.25, 0.3) is 0 Å². The predicted molar refractivity (Wildman–Crippen MR) is 128 cm³/mol. The van der Waals surface area contributed by atoms with Gasteiger partial charge in [0.1, 0.15) is 6.61 Å².